The predicted octanol–water partition coefficient (Wildman–Crippen LogP) is 1.72. The highest BCUT2D eigenvalue weighted by Crippen LogP contribution is 2.31. The Morgan fingerprint density at radius 3 is 2.59 bits per heavy atom. The first kappa shape index (κ1) is 20.6. The maximum atomic E-state index is 12.9. The molecule has 0 radical (unpaired) electrons. The van der Waals surface area contributed by atoms with Crippen molar-refractivity contribution in [1.29, 1.82) is 0 Å². The molecule has 1 atom stereocenters. The van der Waals surface area contributed by atoms with Gasteiger partial charge in [0.05, 0.1) is 20.3 Å². The largest absolute Gasteiger partial charge is 0.354 e. The minimum atomic E-state index is -2.70. The van der Waals surface area contributed by atoms with Crippen molar-refractivity contribution in [2.24, 2.45) is 10.3 Å². The third kappa shape index (κ3) is 4.67. The molecule has 0 bridgehead atoms. The maximum absolute atomic E-state index is 12.9. The van der Waals surface area contributed by atoms with Gasteiger partial charge in [-0.15, -0.1) is 10.2 Å². The second kappa shape index (κ2) is 8.11. The summed E-state index contributed by atoms with van der Waals surface area (Å²) in [6.45, 7) is 1.83. The van der Waals surface area contributed by atoms with Crippen LogP contribution in [0.25, 0.3) is 0 Å². The van der Waals surface area contributed by atoms with Gasteiger partial charge in [0, 0.05) is 38.5 Å². The lowest BCUT2D eigenvalue weighted by molar-refractivity contribution is -0.117. The summed E-state index contributed by atoms with van der Waals surface area (Å²) < 4.78 is 16.9. The number of nitrogens with zero attached hydrogens (tertiary/aromatic N) is 4. The molecular formula is C18H23N7O3S. The van der Waals surface area contributed by atoms with Gasteiger partial charge in [0.2, 0.25) is 5.91 Å². The van der Waals surface area contributed by atoms with Gasteiger partial charge in [0.25, 0.3) is 5.91 Å². The molecule has 2 aromatic rings. The molecule has 1 aliphatic rings. The molecule has 0 saturated heterocycles. The third-order valence-corrected chi connectivity index (χ3v) is 6.26. The molecule has 1 unspecified atom stereocenters. The van der Waals surface area contributed by atoms with Crippen molar-refractivity contribution in [3.05, 3.63) is 29.6 Å². The van der Waals surface area contributed by atoms with Crippen LogP contribution in [0.2, 0.25) is 0 Å². The van der Waals surface area contributed by atoms with Gasteiger partial charge in [-0.25, -0.2) is 13.6 Å². The van der Waals surface area contributed by atoms with E-state index in [0.29, 0.717) is 4.90 Å². The standard InChI is InChI=1S/C18H23N7O3S/c1-10-7-13(29(4,28)20-3)16(21-9-10)22-12-8-14(23-17(26)11-5-6-11)24-25-15(12)18(27)19-2/h7-9,11H,5-6H2,1-4H3,(H,19,27)(H2,21,22,23,24,26). The SMILES string of the molecule is CN=S(C)(=O)c1cc(C)cnc1Nc1cc(NC(=O)C2CC2)nnc1C(=O)NC. The zero-order valence-electron chi connectivity index (χ0n) is 16.6. The molecule has 1 aliphatic carbocycles. The maximum Gasteiger partial charge on any atom is 0.273 e. The van der Waals surface area contributed by atoms with Crippen LogP contribution in [0, 0.1) is 12.8 Å². The van der Waals surface area contributed by atoms with Crippen molar-refractivity contribution in [2.45, 2.75) is 24.7 Å². The molecule has 2 amide bonds. The Morgan fingerprint density at radius 2 is 1.97 bits per heavy atom. The number of hydrogen-bond acceptors (Lipinski definition) is 8. The van der Waals surface area contributed by atoms with Gasteiger partial charge < -0.3 is 16.0 Å². The normalized spacial score (nSPS) is 15.2. The number of hydrogen-bond donors (Lipinski definition) is 3. The summed E-state index contributed by atoms with van der Waals surface area (Å²) in [7, 11) is 0.251. The highest BCUT2D eigenvalue weighted by atomic mass is 32.2. The van der Waals surface area contributed by atoms with E-state index < -0.39 is 15.6 Å². The number of pyridine rings is 1. The third-order valence-electron chi connectivity index (χ3n) is 4.43. The highest BCUT2D eigenvalue weighted by Gasteiger charge is 2.30. The van der Waals surface area contributed by atoms with Crippen LogP contribution >= 0.6 is 0 Å². The van der Waals surface area contributed by atoms with E-state index in [2.05, 4.69) is 35.5 Å². The Labute approximate surface area is 169 Å². The molecule has 154 valence electrons. The van der Waals surface area contributed by atoms with Gasteiger partial charge in [0.1, 0.15) is 5.82 Å². The van der Waals surface area contributed by atoms with Crippen LogP contribution < -0.4 is 16.0 Å². The van der Waals surface area contributed by atoms with E-state index in [1.165, 1.54) is 26.4 Å². The molecule has 2 heterocycles. The first-order chi connectivity index (χ1) is 13.7. The van der Waals surface area contributed by atoms with Crippen LogP contribution in [0.15, 0.2) is 27.6 Å². The number of rotatable bonds is 6. The fraction of sp³-hybridized carbons (Fsp3) is 0.389. The Bertz CT molecular complexity index is 1090. The van der Waals surface area contributed by atoms with E-state index in [1.54, 1.807) is 12.3 Å². The van der Waals surface area contributed by atoms with Crippen molar-refractivity contribution in [1.82, 2.24) is 20.5 Å². The molecular weight excluding hydrogens is 394 g/mol. The molecule has 3 N–H and O–H groups in total. The molecule has 0 aromatic carbocycles. The molecule has 11 heteroatoms. The average molecular weight is 417 g/mol. The summed E-state index contributed by atoms with van der Waals surface area (Å²) in [5.41, 5.74) is 1.11. The van der Waals surface area contributed by atoms with Crippen molar-refractivity contribution >= 4 is 38.9 Å². The zero-order valence-corrected chi connectivity index (χ0v) is 17.5. The van der Waals surface area contributed by atoms with Crippen molar-refractivity contribution < 1.29 is 13.8 Å². The van der Waals surface area contributed by atoms with Crippen LogP contribution in [-0.2, 0) is 14.5 Å². The first-order valence-corrected chi connectivity index (χ1v) is 10.9. The monoisotopic (exact) mass is 417 g/mol. The highest BCUT2D eigenvalue weighted by molar-refractivity contribution is 7.93. The second-order valence-corrected chi connectivity index (χ2v) is 9.21. The molecule has 1 fully saturated rings. The molecule has 1 saturated carbocycles. The number of aryl methyl sites for hydroxylation is 1. The molecule has 0 aliphatic heterocycles. The average Bonchev–Trinajstić information content (AvgIpc) is 3.54. The minimum absolute atomic E-state index is 0.00636. The van der Waals surface area contributed by atoms with Crippen LogP contribution in [0.5, 0.6) is 0 Å². The van der Waals surface area contributed by atoms with E-state index >= 15 is 0 Å². The summed E-state index contributed by atoms with van der Waals surface area (Å²) in [5.74, 6) is -0.109. The number of nitrogens with one attached hydrogen (secondary N) is 3. The zero-order chi connectivity index (χ0) is 21.2. The lowest BCUT2D eigenvalue weighted by Crippen LogP contribution is -2.22. The topological polar surface area (TPSA) is 138 Å². The van der Waals surface area contributed by atoms with E-state index in [1.807, 2.05) is 6.92 Å². The number of carbonyl (C=O) groups is 2. The lowest BCUT2D eigenvalue weighted by atomic mass is 10.2. The smallest absolute Gasteiger partial charge is 0.273 e. The van der Waals surface area contributed by atoms with E-state index in [9.17, 15) is 13.8 Å². The van der Waals surface area contributed by atoms with Crippen LogP contribution in [0.1, 0.15) is 28.9 Å². The minimum Gasteiger partial charge on any atom is -0.354 e. The molecule has 0 spiro atoms. The van der Waals surface area contributed by atoms with Crippen LogP contribution in [0.3, 0.4) is 0 Å². The first-order valence-electron chi connectivity index (χ1n) is 8.99. The Hall–Kier alpha value is -3.08. The van der Waals surface area contributed by atoms with Crippen molar-refractivity contribution in [3.63, 3.8) is 0 Å². The summed E-state index contributed by atoms with van der Waals surface area (Å²) in [5, 5.41) is 16.1. The van der Waals surface area contributed by atoms with E-state index in [-0.39, 0.29) is 34.8 Å². The summed E-state index contributed by atoms with van der Waals surface area (Å²) in [6.07, 6.45) is 4.83. The van der Waals surface area contributed by atoms with Gasteiger partial charge in [-0.2, -0.15) is 0 Å². The predicted molar refractivity (Wildman–Crippen MR) is 110 cm³/mol. The Balaban J connectivity index is 2.04. The number of anilines is 3. The van der Waals surface area contributed by atoms with Gasteiger partial charge in [0.15, 0.2) is 11.5 Å². The lowest BCUT2D eigenvalue weighted by Gasteiger charge is -2.15. The van der Waals surface area contributed by atoms with E-state index in [0.717, 1.165) is 18.4 Å². The van der Waals surface area contributed by atoms with Gasteiger partial charge in [-0.3, -0.25) is 9.59 Å². The molecule has 3 rings (SSSR count). The summed E-state index contributed by atoms with van der Waals surface area (Å²) >= 11 is 0. The van der Waals surface area contributed by atoms with Gasteiger partial charge >= 0.3 is 0 Å². The molecule has 2 aromatic heterocycles. The Morgan fingerprint density at radius 1 is 1.24 bits per heavy atom. The Kier molecular flexibility index (Phi) is 5.78. The number of aromatic nitrogens is 3. The van der Waals surface area contributed by atoms with Crippen LogP contribution in [0.4, 0.5) is 17.3 Å². The van der Waals surface area contributed by atoms with Crippen molar-refractivity contribution in [3.8, 4) is 0 Å². The molecule has 29 heavy (non-hydrogen) atoms. The van der Waals surface area contributed by atoms with Gasteiger partial charge in [-0.1, -0.05) is 0 Å². The van der Waals surface area contributed by atoms with Crippen molar-refractivity contribution in [2.75, 3.05) is 31.0 Å². The van der Waals surface area contributed by atoms with Gasteiger partial charge in [-0.05, 0) is 31.4 Å². The number of amides is 2. The quantitative estimate of drug-likeness (QED) is 0.650. The van der Waals surface area contributed by atoms with E-state index in [4.69, 9.17) is 0 Å². The van der Waals surface area contributed by atoms with Crippen LogP contribution in [-0.4, -0.2) is 51.6 Å². The summed E-state index contributed by atoms with van der Waals surface area (Å²) in [4.78, 5) is 29.0. The number of carbonyl (C=O) groups excluding carboxylic acids is 2. The summed E-state index contributed by atoms with van der Waals surface area (Å²) in [6, 6.07) is 3.23. The fourth-order valence-electron chi connectivity index (χ4n) is 2.56. The molecule has 10 nitrogen and oxygen atoms in total. The fourth-order valence-corrected chi connectivity index (χ4v) is 3.62. The second-order valence-electron chi connectivity index (χ2n) is 6.80.